The standard InChI is InChI=1S/C12H20N2O3S2/c1-9-13-7-12(18-9)11(15)6-10-4-3-5-14(8-10)19(2,16)17/h7,10-11,15H,3-6,8H2,1-2H3. The van der Waals surface area contributed by atoms with Crippen molar-refractivity contribution in [1.29, 1.82) is 0 Å². The lowest BCUT2D eigenvalue weighted by Crippen LogP contribution is -2.39. The van der Waals surface area contributed by atoms with Gasteiger partial charge in [-0.2, -0.15) is 0 Å². The third-order valence-electron chi connectivity index (χ3n) is 3.47. The molecular formula is C12H20N2O3S2. The first-order valence-electron chi connectivity index (χ1n) is 6.42. The van der Waals surface area contributed by atoms with Crippen LogP contribution in [0.15, 0.2) is 6.20 Å². The molecule has 5 nitrogen and oxygen atoms in total. The summed E-state index contributed by atoms with van der Waals surface area (Å²) >= 11 is 1.50. The fraction of sp³-hybridized carbons (Fsp3) is 0.750. The van der Waals surface area contributed by atoms with E-state index in [0.717, 1.165) is 22.7 Å². The summed E-state index contributed by atoms with van der Waals surface area (Å²) in [5.41, 5.74) is 0. The van der Waals surface area contributed by atoms with Gasteiger partial charge in [0, 0.05) is 19.3 Å². The SMILES string of the molecule is Cc1ncc(C(O)CC2CCCN(S(C)(=O)=O)C2)s1. The Morgan fingerprint density at radius 2 is 2.37 bits per heavy atom. The van der Waals surface area contributed by atoms with Gasteiger partial charge in [-0.15, -0.1) is 11.3 Å². The number of piperidine rings is 1. The highest BCUT2D eigenvalue weighted by Crippen LogP contribution is 2.30. The Kier molecular flexibility index (Phi) is 4.60. The lowest BCUT2D eigenvalue weighted by molar-refractivity contribution is 0.125. The van der Waals surface area contributed by atoms with Crippen molar-refractivity contribution < 1.29 is 13.5 Å². The minimum Gasteiger partial charge on any atom is -0.388 e. The lowest BCUT2D eigenvalue weighted by Gasteiger charge is -2.31. The number of aryl methyl sites for hydroxylation is 1. The molecule has 1 aliphatic rings. The Morgan fingerprint density at radius 3 is 2.95 bits per heavy atom. The third kappa shape index (κ3) is 3.98. The van der Waals surface area contributed by atoms with Crippen LogP contribution >= 0.6 is 11.3 Å². The van der Waals surface area contributed by atoms with Gasteiger partial charge in [-0.3, -0.25) is 0 Å². The zero-order chi connectivity index (χ0) is 14.0. The predicted octanol–water partition coefficient (Wildman–Crippen LogP) is 1.55. The number of rotatable bonds is 4. The number of sulfonamides is 1. The summed E-state index contributed by atoms with van der Waals surface area (Å²) in [6, 6.07) is 0. The van der Waals surface area contributed by atoms with Gasteiger partial charge in [-0.25, -0.2) is 17.7 Å². The van der Waals surface area contributed by atoms with E-state index in [0.29, 0.717) is 19.5 Å². The van der Waals surface area contributed by atoms with Crippen molar-refractivity contribution >= 4 is 21.4 Å². The fourth-order valence-electron chi connectivity index (χ4n) is 2.48. The zero-order valence-electron chi connectivity index (χ0n) is 11.2. The molecule has 19 heavy (non-hydrogen) atoms. The maximum Gasteiger partial charge on any atom is 0.211 e. The van der Waals surface area contributed by atoms with Crippen LogP contribution in [0.2, 0.25) is 0 Å². The molecule has 1 aromatic rings. The predicted molar refractivity (Wildman–Crippen MR) is 75.6 cm³/mol. The van der Waals surface area contributed by atoms with E-state index in [1.165, 1.54) is 21.9 Å². The van der Waals surface area contributed by atoms with E-state index in [1.807, 2.05) is 6.92 Å². The van der Waals surface area contributed by atoms with Gasteiger partial charge in [-0.05, 0) is 32.1 Å². The second-order valence-electron chi connectivity index (χ2n) is 5.16. The first-order chi connectivity index (χ1) is 8.86. The molecule has 1 N–H and O–H groups in total. The number of hydrogen-bond donors (Lipinski definition) is 1. The fourth-order valence-corrected chi connectivity index (χ4v) is 4.21. The Balaban J connectivity index is 1.95. The molecule has 0 bridgehead atoms. The topological polar surface area (TPSA) is 70.5 Å². The average Bonchev–Trinajstić information content (AvgIpc) is 2.75. The quantitative estimate of drug-likeness (QED) is 0.916. The van der Waals surface area contributed by atoms with Crippen molar-refractivity contribution in [3.05, 3.63) is 16.1 Å². The average molecular weight is 304 g/mol. The summed E-state index contributed by atoms with van der Waals surface area (Å²) in [7, 11) is -3.11. The molecular weight excluding hydrogens is 284 g/mol. The van der Waals surface area contributed by atoms with Gasteiger partial charge in [0.05, 0.1) is 22.2 Å². The minimum atomic E-state index is -3.11. The van der Waals surface area contributed by atoms with Crippen molar-refractivity contribution in [3.8, 4) is 0 Å². The lowest BCUT2D eigenvalue weighted by atomic mass is 9.93. The third-order valence-corrected chi connectivity index (χ3v) is 5.76. The second-order valence-corrected chi connectivity index (χ2v) is 8.41. The molecule has 0 aliphatic carbocycles. The molecule has 2 unspecified atom stereocenters. The van der Waals surface area contributed by atoms with Crippen LogP contribution in [0.25, 0.3) is 0 Å². The molecule has 2 rings (SSSR count). The smallest absolute Gasteiger partial charge is 0.211 e. The molecule has 0 spiro atoms. The molecule has 108 valence electrons. The van der Waals surface area contributed by atoms with Gasteiger partial charge in [0.15, 0.2) is 0 Å². The molecule has 1 aliphatic heterocycles. The minimum absolute atomic E-state index is 0.223. The van der Waals surface area contributed by atoms with Crippen LogP contribution in [-0.2, 0) is 10.0 Å². The summed E-state index contributed by atoms with van der Waals surface area (Å²) in [6.07, 6.45) is 4.87. The van der Waals surface area contributed by atoms with E-state index in [2.05, 4.69) is 4.98 Å². The van der Waals surface area contributed by atoms with Crippen molar-refractivity contribution in [2.75, 3.05) is 19.3 Å². The summed E-state index contributed by atoms with van der Waals surface area (Å²) in [5.74, 6) is 0.223. The first kappa shape index (κ1) is 14.9. The highest BCUT2D eigenvalue weighted by molar-refractivity contribution is 7.88. The molecule has 0 amide bonds. The van der Waals surface area contributed by atoms with E-state index >= 15 is 0 Å². The van der Waals surface area contributed by atoms with Crippen LogP contribution in [0.3, 0.4) is 0 Å². The van der Waals surface area contributed by atoms with Crippen LogP contribution in [0.5, 0.6) is 0 Å². The molecule has 2 heterocycles. The summed E-state index contributed by atoms with van der Waals surface area (Å²) in [5, 5.41) is 11.1. The van der Waals surface area contributed by atoms with Crippen molar-refractivity contribution in [1.82, 2.24) is 9.29 Å². The Morgan fingerprint density at radius 1 is 1.63 bits per heavy atom. The number of aromatic nitrogens is 1. The van der Waals surface area contributed by atoms with E-state index in [9.17, 15) is 13.5 Å². The van der Waals surface area contributed by atoms with E-state index < -0.39 is 16.1 Å². The molecule has 0 aromatic carbocycles. The molecule has 7 heteroatoms. The van der Waals surface area contributed by atoms with E-state index in [1.54, 1.807) is 6.20 Å². The highest BCUT2D eigenvalue weighted by Gasteiger charge is 2.27. The maximum absolute atomic E-state index is 11.5. The summed E-state index contributed by atoms with van der Waals surface area (Å²) < 4.78 is 24.6. The van der Waals surface area contributed by atoms with Gasteiger partial charge < -0.3 is 5.11 Å². The molecule has 0 radical (unpaired) electrons. The number of aliphatic hydroxyl groups is 1. The number of hydrogen-bond acceptors (Lipinski definition) is 5. The molecule has 0 saturated carbocycles. The van der Waals surface area contributed by atoms with Crippen LogP contribution in [0.1, 0.15) is 35.3 Å². The molecule has 2 atom stereocenters. The van der Waals surface area contributed by atoms with Crippen LogP contribution in [0, 0.1) is 12.8 Å². The van der Waals surface area contributed by atoms with Gasteiger partial charge in [0.25, 0.3) is 0 Å². The normalized spacial score (nSPS) is 23.4. The van der Waals surface area contributed by atoms with E-state index in [-0.39, 0.29) is 5.92 Å². The maximum atomic E-state index is 11.5. The molecule has 1 saturated heterocycles. The van der Waals surface area contributed by atoms with Crippen LogP contribution in [-0.4, -0.2) is 42.2 Å². The zero-order valence-corrected chi connectivity index (χ0v) is 12.9. The number of aliphatic hydroxyl groups excluding tert-OH is 1. The van der Waals surface area contributed by atoms with Crippen molar-refractivity contribution in [3.63, 3.8) is 0 Å². The molecule has 1 fully saturated rings. The highest BCUT2D eigenvalue weighted by atomic mass is 32.2. The first-order valence-corrected chi connectivity index (χ1v) is 9.08. The van der Waals surface area contributed by atoms with Crippen LogP contribution in [0.4, 0.5) is 0 Å². The Hall–Kier alpha value is -0.500. The van der Waals surface area contributed by atoms with Crippen LogP contribution < -0.4 is 0 Å². The summed E-state index contributed by atoms with van der Waals surface area (Å²) in [4.78, 5) is 5.01. The Labute approximate surface area is 118 Å². The van der Waals surface area contributed by atoms with Crippen molar-refractivity contribution in [2.24, 2.45) is 5.92 Å². The van der Waals surface area contributed by atoms with Crippen molar-refractivity contribution in [2.45, 2.75) is 32.3 Å². The number of nitrogens with zero attached hydrogens (tertiary/aromatic N) is 2. The van der Waals surface area contributed by atoms with E-state index in [4.69, 9.17) is 0 Å². The number of thiazole rings is 1. The second kappa shape index (κ2) is 5.87. The largest absolute Gasteiger partial charge is 0.388 e. The van der Waals surface area contributed by atoms with Gasteiger partial charge >= 0.3 is 0 Å². The van der Waals surface area contributed by atoms with Gasteiger partial charge in [0.1, 0.15) is 0 Å². The van der Waals surface area contributed by atoms with Gasteiger partial charge in [-0.1, -0.05) is 0 Å². The summed E-state index contributed by atoms with van der Waals surface area (Å²) in [6.45, 7) is 3.03. The molecule has 1 aromatic heterocycles. The monoisotopic (exact) mass is 304 g/mol. The van der Waals surface area contributed by atoms with Gasteiger partial charge in [0.2, 0.25) is 10.0 Å². The Bertz CT molecular complexity index is 527.